The Morgan fingerprint density at radius 3 is 2.52 bits per heavy atom. The Morgan fingerprint density at radius 1 is 1.00 bits per heavy atom. The first kappa shape index (κ1) is 15.3. The molecule has 4 aromatic rings. The molecule has 0 aliphatic rings. The molecular formula is C20H16FN3O. The Hall–Kier alpha value is -3.21. The highest BCUT2D eigenvalue weighted by atomic mass is 19.1. The van der Waals surface area contributed by atoms with Crippen LogP contribution >= 0.6 is 0 Å². The van der Waals surface area contributed by atoms with Crippen LogP contribution in [0.2, 0.25) is 0 Å². The molecule has 2 heterocycles. The van der Waals surface area contributed by atoms with E-state index in [0.717, 1.165) is 12.2 Å². The van der Waals surface area contributed by atoms with Crippen LogP contribution in [0.1, 0.15) is 11.1 Å². The summed E-state index contributed by atoms with van der Waals surface area (Å²) in [6.07, 6.45) is 1.98. The van der Waals surface area contributed by atoms with E-state index >= 15 is 0 Å². The predicted molar refractivity (Wildman–Crippen MR) is 93.4 cm³/mol. The quantitative estimate of drug-likeness (QED) is 0.544. The molecule has 25 heavy (non-hydrogen) atoms. The molecule has 5 heteroatoms. The molecule has 0 aliphatic heterocycles. The summed E-state index contributed by atoms with van der Waals surface area (Å²) in [4.78, 5) is 4.45. The lowest BCUT2D eigenvalue weighted by atomic mass is 10.1. The van der Waals surface area contributed by atoms with Crippen molar-refractivity contribution in [3.05, 3.63) is 83.8 Å². The first-order valence-electron chi connectivity index (χ1n) is 8.00. The molecule has 124 valence electrons. The maximum atomic E-state index is 13.0. The minimum atomic E-state index is -0.292. The topological polar surface area (TPSA) is 43.9 Å². The van der Waals surface area contributed by atoms with Gasteiger partial charge in [-0.3, -0.25) is 0 Å². The summed E-state index contributed by atoms with van der Waals surface area (Å²) >= 11 is 0. The molecule has 0 unspecified atom stereocenters. The normalized spacial score (nSPS) is 11.0. The average Bonchev–Trinajstić information content (AvgIpc) is 3.27. The van der Waals surface area contributed by atoms with Gasteiger partial charge in [0, 0.05) is 18.3 Å². The maximum absolute atomic E-state index is 13.0. The summed E-state index contributed by atoms with van der Waals surface area (Å²) in [6, 6.07) is 18.3. The van der Waals surface area contributed by atoms with Gasteiger partial charge in [0.2, 0.25) is 5.82 Å². The zero-order valence-electron chi connectivity index (χ0n) is 13.7. The number of hydrogen-bond donors (Lipinski definition) is 0. The zero-order valence-corrected chi connectivity index (χ0v) is 13.7. The van der Waals surface area contributed by atoms with Crippen molar-refractivity contribution < 1.29 is 8.91 Å². The number of rotatable bonds is 4. The monoisotopic (exact) mass is 333 g/mol. The van der Waals surface area contributed by atoms with Crippen LogP contribution in [-0.2, 0) is 6.54 Å². The van der Waals surface area contributed by atoms with E-state index in [1.54, 1.807) is 12.1 Å². The summed E-state index contributed by atoms with van der Waals surface area (Å²) in [5.74, 6) is 0.592. The first-order valence-corrected chi connectivity index (χ1v) is 8.00. The van der Waals surface area contributed by atoms with Crippen LogP contribution in [0.3, 0.4) is 0 Å². The average molecular weight is 333 g/mol. The van der Waals surface area contributed by atoms with Crippen molar-refractivity contribution in [1.82, 2.24) is 14.7 Å². The second-order valence-corrected chi connectivity index (χ2v) is 5.94. The van der Waals surface area contributed by atoms with Gasteiger partial charge in [0.05, 0.1) is 0 Å². The van der Waals surface area contributed by atoms with E-state index < -0.39 is 0 Å². The van der Waals surface area contributed by atoms with Gasteiger partial charge in [0.15, 0.2) is 0 Å². The standard InChI is InChI=1S/C20H16FN3O/c1-14-4-6-15(7-5-14)13-24-12-2-3-18(24)20-22-19(23-25-20)16-8-10-17(21)11-9-16/h2-12H,13H2,1H3. The molecule has 0 spiro atoms. The largest absolute Gasteiger partial charge is 0.339 e. The molecule has 0 amide bonds. The third-order valence-electron chi connectivity index (χ3n) is 4.05. The summed E-state index contributed by atoms with van der Waals surface area (Å²) < 4.78 is 20.5. The van der Waals surface area contributed by atoms with Gasteiger partial charge < -0.3 is 9.09 Å². The van der Waals surface area contributed by atoms with E-state index in [4.69, 9.17) is 4.52 Å². The van der Waals surface area contributed by atoms with E-state index in [9.17, 15) is 4.39 Å². The fraction of sp³-hybridized carbons (Fsp3) is 0.100. The minimum Gasteiger partial charge on any atom is -0.339 e. The molecule has 2 aromatic heterocycles. The van der Waals surface area contributed by atoms with Crippen LogP contribution in [0.15, 0.2) is 71.4 Å². The number of halogens is 1. The lowest BCUT2D eigenvalue weighted by Crippen LogP contribution is -2.00. The molecule has 2 aromatic carbocycles. The van der Waals surface area contributed by atoms with Gasteiger partial charge in [-0.05, 0) is 48.9 Å². The van der Waals surface area contributed by atoms with Crippen molar-refractivity contribution in [3.8, 4) is 23.0 Å². The van der Waals surface area contributed by atoms with Crippen LogP contribution in [0.5, 0.6) is 0 Å². The highest BCUT2D eigenvalue weighted by Crippen LogP contribution is 2.23. The molecule has 4 nitrogen and oxygen atoms in total. The van der Waals surface area contributed by atoms with Crippen molar-refractivity contribution in [2.45, 2.75) is 13.5 Å². The summed E-state index contributed by atoms with van der Waals surface area (Å²) in [7, 11) is 0. The zero-order chi connectivity index (χ0) is 17.2. The van der Waals surface area contributed by atoms with E-state index in [2.05, 4.69) is 45.9 Å². The molecule has 0 N–H and O–H groups in total. The van der Waals surface area contributed by atoms with Crippen molar-refractivity contribution in [1.29, 1.82) is 0 Å². The van der Waals surface area contributed by atoms with E-state index in [1.807, 2.05) is 18.3 Å². The number of aryl methyl sites for hydroxylation is 1. The number of aromatic nitrogens is 3. The van der Waals surface area contributed by atoms with Gasteiger partial charge in [-0.1, -0.05) is 35.0 Å². The molecule has 0 aliphatic carbocycles. The molecule has 0 saturated carbocycles. The van der Waals surface area contributed by atoms with Gasteiger partial charge in [-0.2, -0.15) is 4.98 Å². The third kappa shape index (κ3) is 3.21. The molecule has 0 saturated heterocycles. The highest BCUT2D eigenvalue weighted by Gasteiger charge is 2.14. The predicted octanol–water partition coefficient (Wildman–Crippen LogP) is 4.70. The van der Waals surface area contributed by atoms with Crippen LogP contribution in [0, 0.1) is 12.7 Å². The van der Waals surface area contributed by atoms with Gasteiger partial charge >= 0.3 is 0 Å². The molecule has 0 radical (unpaired) electrons. The molecule has 4 rings (SSSR count). The van der Waals surface area contributed by atoms with Gasteiger partial charge in [0.1, 0.15) is 11.5 Å². The van der Waals surface area contributed by atoms with Crippen molar-refractivity contribution in [3.63, 3.8) is 0 Å². The van der Waals surface area contributed by atoms with Gasteiger partial charge in [-0.15, -0.1) is 0 Å². The van der Waals surface area contributed by atoms with Crippen molar-refractivity contribution in [2.75, 3.05) is 0 Å². The van der Waals surface area contributed by atoms with Crippen molar-refractivity contribution in [2.24, 2.45) is 0 Å². The Morgan fingerprint density at radius 2 is 1.76 bits per heavy atom. The van der Waals surface area contributed by atoms with Crippen LogP contribution in [-0.4, -0.2) is 14.7 Å². The van der Waals surface area contributed by atoms with Crippen LogP contribution < -0.4 is 0 Å². The number of hydrogen-bond acceptors (Lipinski definition) is 3. The minimum absolute atomic E-state index is 0.292. The first-order chi connectivity index (χ1) is 12.2. The SMILES string of the molecule is Cc1ccc(Cn2cccc2-c2nc(-c3ccc(F)cc3)no2)cc1. The third-order valence-corrected chi connectivity index (χ3v) is 4.05. The second-order valence-electron chi connectivity index (χ2n) is 5.94. The van der Waals surface area contributed by atoms with Crippen LogP contribution in [0.4, 0.5) is 4.39 Å². The molecule has 0 fully saturated rings. The fourth-order valence-electron chi connectivity index (χ4n) is 2.68. The Kier molecular flexibility index (Phi) is 3.90. The summed E-state index contributed by atoms with van der Waals surface area (Å²) in [5.41, 5.74) is 3.99. The molecular weight excluding hydrogens is 317 g/mol. The van der Waals surface area contributed by atoms with Gasteiger partial charge in [-0.25, -0.2) is 4.39 Å². The number of benzene rings is 2. The Bertz CT molecular complexity index is 984. The Balaban J connectivity index is 1.62. The summed E-state index contributed by atoms with van der Waals surface area (Å²) in [5, 5.41) is 4.01. The van der Waals surface area contributed by atoms with E-state index in [-0.39, 0.29) is 5.82 Å². The second kappa shape index (κ2) is 6.36. The number of nitrogens with zero attached hydrogens (tertiary/aromatic N) is 3. The van der Waals surface area contributed by atoms with E-state index in [0.29, 0.717) is 17.3 Å². The van der Waals surface area contributed by atoms with Crippen LogP contribution in [0.25, 0.3) is 23.0 Å². The molecule has 0 bridgehead atoms. The lowest BCUT2D eigenvalue weighted by molar-refractivity contribution is 0.429. The smallest absolute Gasteiger partial charge is 0.274 e. The maximum Gasteiger partial charge on any atom is 0.274 e. The van der Waals surface area contributed by atoms with Gasteiger partial charge in [0.25, 0.3) is 5.89 Å². The lowest BCUT2D eigenvalue weighted by Gasteiger charge is -2.07. The van der Waals surface area contributed by atoms with E-state index in [1.165, 1.54) is 23.3 Å². The fourth-order valence-corrected chi connectivity index (χ4v) is 2.68. The molecule has 0 atom stereocenters. The Labute approximate surface area is 144 Å². The highest BCUT2D eigenvalue weighted by molar-refractivity contribution is 5.58. The van der Waals surface area contributed by atoms with Crippen molar-refractivity contribution >= 4 is 0 Å². The summed E-state index contributed by atoms with van der Waals surface area (Å²) in [6.45, 7) is 2.79.